The Hall–Kier alpha value is -2.20. The zero-order chi connectivity index (χ0) is 18.4. The molecule has 0 radical (unpaired) electrons. The maximum absolute atomic E-state index is 13.3. The van der Waals surface area contributed by atoms with E-state index in [1.54, 1.807) is 6.07 Å². The van der Waals surface area contributed by atoms with Crippen LogP contribution in [0.4, 0.5) is 10.1 Å². The molecule has 2 rings (SSSR count). The van der Waals surface area contributed by atoms with Crippen molar-refractivity contribution in [2.75, 3.05) is 12.4 Å². The Kier molecular flexibility index (Phi) is 6.71. The van der Waals surface area contributed by atoms with E-state index in [1.165, 1.54) is 12.1 Å². The Morgan fingerprint density at radius 2 is 1.88 bits per heavy atom. The topological polar surface area (TPSA) is 33.5 Å². The van der Waals surface area contributed by atoms with Crippen LogP contribution in [-0.2, 0) is 11.3 Å². The summed E-state index contributed by atoms with van der Waals surface area (Å²) in [4.78, 5) is 13.7. The van der Waals surface area contributed by atoms with Gasteiger partial charge in [-0.3, -0.25) is 4.79 Å². The second kappa shape index (κ2) is 8.77. The van der Waals surface area contributed by atoms with Gasteiger partial charge in [0.1, 0.15) is 12.4 Å². The van der Waals surface area contributed by atoms with E-state index < -0.39 is 0 Å². The van der Waals surface area contributed by atoms with Crippen LogP contribution in [0.1, 0.15) is 44.2 Å². The Balaban J connectivity index is 2.05. The molecule has 3 atom stereocenters. The van der Waals surface area contributed by atoms with Crippen molar-refractivity contribution in [3.8, 4) is 0 Å². The molecule has 0 bridgehead atoms. The Morgan fingerprint density at radius 1 is 1.16 bits per heavy atom. The van der Waals surface area contributed by atoms with Gasteiger partial charge in [0.05, 0.1) is 7.05 Å². The molecule has 3 nitrogen and oxygen atoms in total. The van der Waals surface area contributed by atoms with E-state index in [0.29, 0.717) is 12.5 Å². The molecule has 2 N–H and O–H groups in total. The zero-order valence-corrected chi connectivity index (χ0v) is 15.5. The van der Waals surface area contributed by atoms with Crippen molar-refractivity contribution >= 4 is 11.6 Å². The molecular formula is C21H28FN2O+. The second-order valence-electron chi connectivity index (χ2n) is 6.76. The highest BCUT2D eigenvalue weighted by molar-refractivity contribution is 5.94. The largest absolute Gasteiger partial charge is 0.324 e. The normalized spacial score (nSPS) is 14.6. The molecule has 0 saturated heterocycles. The lowest BCUT2D eigenvalue weighted by Gasteiger charge is -2.22. The van der Waals surface area contributed by atoms with E-state index in [1.807, 2.05) is 38.2 Å². The first kappa shape index (κ1) is 19.1. The number of hydrogen-bond acceptors (Lipinski definition) is 1. The van der Waals surface area contributed by atoms with Gasteiger partial charge in [0.2, 0.25) is 0 Å². The molecule has 0 fully saturated rings. The van der Waals surface area contributed by atoms with E-state index in [9.17, 15) is 9.18 Å². The molecule has 134 valence electrons. The molecule has 0 aliphatic rings. The van der Waals surface area contributed by atoms with Crippen LogP contribution >= 0.6 is 0 Å². The summed E-state index contributed by atoms with van der Waals surface area (Å²) in [6.07, 6.45) is 1.02. The summed E-state index contributed by atoms with van der Waals surface area (Å²) in [5.74, 6) is 0.124. The van der Waals surface area contributed by atoms with Crippen LogP contribution in [0.3, 0.4) is 0 Å². The first-order valence-corrected chi connectivity index (χ1v) is 8.89. The van der Waals surface area contributed by atoms with Crippen molar-refractivity contribution < 1.29 is 14.1 Å². The van der Waals surface area contributed by atoms with Crippen LogP contribution < -0.4 is 10.2 Å². The molecule has 1 amide bonds. The third kappa shape index (κ3) is 5.13. The van der Waals surface area contributed by atoms with Crippen LogP contribution in [0.2, 0.25) is 0 Å². The predicted molar refractivity (Wildman–Crippen MR) is 100 cm³/mol. The number of carbonyl (C=O) groups is 1. The van der Waals surface area contributed by atoms with Gasteiger partial charge < -0.3 is 10.2 Å². The number of quaternary nitrogens is 1. The number of benzene rings is 2. The van der Waals surface area contributed by atoms with Crippen LogP contribution in [0.5, 0.6) is 0 Å². The van der Waals surface area contributed by atoms with Crippen molar-refractivity contribution in [3.05, 3.63) is 65.5 Å². The average Bonchev–Trinajstić information content (AvgIpc) is 2.60. The van der Waals surface area contributed by atoms with Crippen molar-refractivity contribution in [2.45, 2.75) is 45.7 Å². The minimum Gasteiger partial charge on any atom is -0.324 e. The Bertz CT molecular complexity index is 717. The third-order valence-corrected chi connectivity index (χ3v) is 4.87. The number of rotatable bonds is 7. The summed E-state index contributed by atoms with van der Waals surface area (Å²) in [7, 11) is 1.95. The van der Waals surface area contributed by atoms with E-state index >= 15 is 0 Å². The van der Waals surface area contributed by atoms with Crippen molar-refractivity contribution in [2.24, 2.45) is 0 Å². The van der Waals surface area contributed by atoms with Gasteiger partial charge in [-0.25, -0.2) is 4.39 Å². The molecule has 2 aromatic carbocycles. The van der Waals surface area contributed by atoms with E-state index in [2.05, 4.69) is 25.2 Å². The fourth-order valence-electron chi connectivity index (χ4n) is 2.85. The lowest BCUT2D eigenvalue weighted by Crippen LogP contribution is -3.12. The van der Waals surface area contributed by atoms with Crippen LogP contribution in [-0.4, -0.2) is 19.0 Å². The summed E-state index contributed by atoms with van der Waals surface area (Å²) in [6.45, 7) is 6.80. The van der Waals surface area contributed by atoms with Gasteiger partial charge >= 0.3 is 0 Å². The fourth-order valence-corrected chi connectivity index (χ4v) is 2.85. The first-order valence-electron chi connectivity index (χ1n) is 8.89. The Labute approximate surface area is 149 Å². The number of halogens is 1. The summed E-state index contributed by atoms with van der Waals surface area (Å²) in [6, 6.07) is 14.3. The molecule has 0 saturated carbocycles. The minimum absolute atomic E-state index is 0.0235. The monoisotopic (exact) mass is 343 g/mol. The number of amides is 1. The molecule has 0 aromatic heterocycles. The van der Waals surface area contributed by atoms with Gasteiger partial charge in [-0.2, -0.15) is 0 Å². The minimum atomic E-state index is -0.245. The molecule has 4 heteroatoms. The molecule has 0 aliphatic carbocycles. The summed E-state index contributed by atoms with van der Waals surface area (Å²) < 4.78 is 13.3. The lowest BCUT2D eigenvalue weighted by atomic mass is 9.97. The second-order valence-corrected chi connectivity index (χ2v) is 6.76. The van der Waals surface area contributed by atoms with E-state index in [4.69, 9.17) is 0 Å². The Morgan fingerprint density at radius 3 is 2.56 bits per heavy atom. The SMILES string of the molecule is CC[C@@H](C)c1ccccc1NC(=O)[C@@H](C)[NH+](C)Cc1cccc(F)c1. The van der Waals surface area contributed by atoms with Crippen LogP contribution in [0.25, 0.3) is 0 Å². The van der Waals surface area contributed by atoms with Crippen molar-refractivity contribution in [1.82, 2.24) is 0 Å². The average molecular weight is 343 g/mol. The first-order chi connectivity index (χ1) is 11.9. The standard InChI is InChI=1S/C21H27FN2O/c1-5-15(2)19-11-6-7-12-20(19)23-21(25)16(3)24(4)14-17-9-8-10-18(22)13-17/h6-13,15-16H,5,14H2,1-4H3,(H,23,25)/p+1/t15-,16-/m1/s1. The van der Waals surface area contributed by atoms with Gasteiger partial charge in [0.25, 0.3) is 5.91 Å². The molecule has 0 heterocycles. The molecule has 2 aromatic rings. The van der Waals surface area contributed by atoms with Gasteiger partial charge in [-0.1, -0.05) is 44.2 Å². The van der Waals surface area contributed by atoms with E-state index in [-0.39, 0.29) is 17.8 Å². The van der Waals surface area contributed by atoms with Gasteiger partial charge in [-0.05, 0) is 43.0 Å². The van der Waals surface area contributed by atoms with Crippen molar-refractivity contribution in [3.63, 3.8) is 0 Å². The fraction of sp³-hybridized carbons (Fsp3) is 0.381. The zero-order valence-electron chi connectivity index (χ0n) is 15.5. The highest BCUT2D eigenvalue weighted by atomic mass is 19.1. The third-order valence-electron chi connectivity index (χ3n) is 4.87. The van der Waals surface area contributed by atoms with Crippen LogP contribution in [0, 0.1) is 5.82 Å². The number of anilines is 1. The molecular weight excluding hydrogens is 315 g/mol. The quantitative estimate of drug-likeness (QED) is 0.794. The molecule has 0 aliphatic heterocycles. The van der Waals surface area contributed by atoms with E-state index in [0.717, 1.165) is 28.1 Å². The number of likely N-dealkylation sites (N-methyl/N-ethyl adjacent to an activating group) is 1. The molecule has 1 unspecified atom stereocenters. The molecule has 25 heavy (non-hydrogen) atoms. The van der Waals surface area contributed by atoms with Gasteiger partial charge in [-0.15, -0.1) is 0 Å². The lowest BCUT2D eigenvalue weighted by molar-refractivity contribution is -0.907. The summed E-state index contributed by atoms with van der Waals surface area (Å²) in [5, 5.41) is 3.07. The highest BCUT2D eigenvalue weighted by Gasteiger charge is 2.23. The number of carbonyl (C=O) groups excluding carboxylic acids is 1. The smallest absolute Gasteiger partial charge is 0.282 e. The number of hydrogen-bond donors (Lipinski definition) is 2. The summed E-state index contributed by atoms with van der Waals surface area (Å²) in [5.41, 5.74) is 2.93. The summed E-state index contributed by atoms with van der Waals surface area (Å²) >= 11 is 0. The maximum Gasteiger partial charge on any atom is 0.282 e. The van der Waals surface area contributed by atoms with Crippen LogP contribution in [0.15, 0.2) is 48.5 Å². The van der Waals surface area contributed by atoms with Crippen molar-refractivity contribution in [1.29, 1.82) is 0 Å². The predicted octanol–water partition coefficient (Wildman–Crippen LogP) is 3.38. The maximum atomic E-state index is 13.3. The highest BCUT2D eigenvalue weighted by Crippen LogP contribution is 2.26. The molecule has 0 spiro atoms. The van der Waals surface area contributed by atoms with Gasteiger partial charge in [0, 0.05) is 11.3 Å². The number of para-hydroxylation sites is 1. The number of nitrogens with one attached hydrogen (secondary N) is 2. The van der Waals surface area contributed by atoms with Gasteiger partial charge in [0.15, 0.2) is 6.04 Å².